The van der Waals surface area contributed by atoms with Crippen molar-refractivity contribution in [1.29, 1.82) is 0 Å². The molecule has 0 unspecified atom stereocenters. The Labute approximate surface area is 113 Å². The van der Waals surface area contributed by atoms with Crippen molar-refractivity contribution in [2.75, 3.05) is 12.9 Å². The van der Waals surface area contributed by atoms with Crippen LogP contribution in [-0.2, 0) is 9.53 Å². The van der Waals surface area contributed by atoms with Gasteiger partial charge in [0.25, 0.3) is 0 Å². The number of methoxy groups -OCH3 is 1. The van der Waals surface area contributed by atoms with Crippen LogP contribution in [0.2, 0.25) is 0 Å². The molecule has 1 aromatic carbocycles. The lowest BCUT2D eigenvalue weighted by atomic mass is 10.3. The van der Waals surface area contributed by atoms with E-state index in [-0.39, 0.29) is 11.7 Å². The maximum absolute atomic E-state index is 11.0. The third-order valence-corrected chi connectivity index (χ3v) is 3.22. The summed E-state index contributed by atoms with van der Waals surface area (Å²) in [5, 5.41) is 21.2. The highest BCUT2D eigenvalue weighted by atomic mass is 32.2. The molecule has 1 N–H and O–H groups in total. The third-order valence-electron chi connectivity index (χ3n) is 2.30. The zero-order valence-corrected chi connectivity index (χ0v) is 11.0. The zero-order chi connectivity index (χ0) is 13.7. The average Bonchev–Trinajstić information content (AvgIpc) is 2.88. The summed E-state index contributed by atoms with van der Waals surface area (Å²) < 4.78 is 6.10. The predicted molar refractivity (Wildman–Crippen MR) is 68.2 cm³/mol. The molecule has 8 heteroatoms. The van der Waals surface area contributed by atoms with Crippen LogP contribution in [0.25, 0.3) is 5.69 Å². The second-order valence-corrected chi connectivity index (χ2v) is 4.63. The standard InChI is InChI=1S/C11H12N4O3S/c1-18-10(17)6-7-19-11-12-13-14-15(11)8-2-4-9(16)5-3-8/h2-5,16H,6-7H2,1H3. The summed E-state index contributed by atoms with van der Waals surface area (Å²) in [6, 6.07) is 6.52. The molecule has 2 rings (SSSR count). The molecule has 1 heterocycles. The third kappa shape index (κ3) is 3.44. The minimum atomic E-state index is -0.267. The molecule has 2 aromatic rings. The Morgan fingerprint density at radius 2 is 2.16 bits per heavy atom. The number of aromatic hydroxyl groups is 1. The lowest BCUT2D eigenvalue weighted by Gasteiger charge is -2.03. The Kier molecular flexibility index (Phi) is 4.35. The van der Waals surface area contributed by atoms with E-state index in [1.165, 1.54) is 18.9 Å². The van der Waals surface area contributed by atoms with E-state index >= 15 is 0 Å². The fourth-order valence-corrected chi connectivity index (χ4v) is 2.16. The molecule has 7 nitrogen and oxygen atoms in total. The number of hydrogen-bond acceptors (Lipinski definition) is 7. The van der Waals surface area contributed by atoms with Crippen molar-refractivity contribution < 1.29 is 14.6 Å². The van der Waals surface area contributed by atoms with Crippen LogP contribution >= 0.6 is 11.8 Å². The summed E-state index contributed by atoms with van der Waals surface area (Å²) in [6.45, 7) is 0. The molecule has 100 valence electrons. The maximum atomic E-state index is 11.0. The second-order valence-electron chi connectivity index (χ2n) is 3.56. The van der Waals surface area contributed by atoms with E-state index in [9.17, 15) is 9.90 Å². The molecule has 1 aromatic heterocycles. The number of aromatic nitrogens is 4. The van der Waals surface area contributed by atoms with Crippen LogP contribution < -0.4 is 0 Å². The second kappa shape index (κ2) is 6.19. The number of benzene rings is 1. The highest BCUT2D eigenvalue weighted by Gasteiger charge is 2.10. The van der Waals surface area contributed by atoms with E-state index in [2.05, 4.69) is 20.3 Å². The van der Waals surface area contributed by atoms with Gasteiger partial charge in [-0.3, -0.25) is 4.79 Å². The molecule has 0 spiro atoms. The van der Waals surface area contributed by atoms with E-state index in [0.29, 0.717) is 17.3 Å². The summed E-state index contributed by atoms with van der Waals surface area (Å²) in [5.41, 5.74) is 0.739. The fraction of sp³-hybridized carbons (Fsp3) is 0.273. The lowest BCUT2D eigenvalue weighted by molar-refractivity contribution is -0.140. The first-order valence-corrected chi connectivity index (χ1v) is 6.46. The normalized spacial score (nSPS) is 10.4. The summed E-state index contributed by atoms with van der Waals surface area (Å²) in [6.07, 6.45) is 0.295. The van der Waals surface area contributed by atoms with E-state index in [0.717, 1.165) is 5.69 Å². The van der Waals surface area contributed by atoms with Crippen LogP contribution in [0.3, 0.4) is 0 Å². The number of carbonyl (C=O) groups is 1. The number of tetrazole rings is 1. The van der Waals surface area contributed by atoms with Gasteiger partial charge < -0.3 is 9.84 Å². The number of ether oxygens (including phenoxy) is 1. The first kappa shape index (κ1) is 13.3. The zero-order valence-electron chi connectivity index (χ0n) is 10.2. The van der Waals surface area contributed by atoms with Crippen molar-refractivity contribution in [3.63, 3.8) is 0 Å². The van der Waals surface area contributed by atoms with Crippen molar-refractivity contribution in [2.45, 2.75) is 11.6 Å². The van der Waals surface area contributed by atoms with Crippen LogP contribution in [-0.4, -0.2) is 44.1 Å². The van der Waals surface area contributed by atoms with Crippen LogP contribution in [0.4, 0.5) is 0 Å². The molecular weight excluding hydrogens is 268 g/mol. The van der Waals surface area contributed by atoms with E-state index in [1.807, 2.05) is 0 Å². The largest absolute Gasteiger partial charge is 0.508 e. The Bertz CT molecular complexity index is 555. The van der Waals surface area contributed by atoms with Gasteiger partial charge in [-0.1, -0.05) is 11.8 Å². The minimum Gasteiger partial charge on any atom is -0.508 e. The summed E-state index contributed by atoms with van der Waals surface area (Å²) >= 11 is 1.36. The van der Waals surface area contributed by atoms with Gasteiger partial charge in [0.15, 0.2) is 0 Å². The highest BCUT2D eigenvalue weighted by Crippen LogP contribution is 2.20. The Morgan fingerprint density at radius 3 is 2.84 bits per heavy atom. The summed E-state index contributed by atoms with van der Waals surface area (Å²) in [5.74, 6) is 0.443. The number of hydrogen-bond donors (Lipinski definition) is 1. The molecule has 0 amide bonds. The Morgan fingerprint density at radius 1 is 1.42 bits per heavy atom. The van der Waals surface area contributed by atoms with Crippen molar-refractivity contribution in [2.24, 2.45) is 0 Å². The van der Waals surface area contributed by atoms with Gasteiger partial charge in [-0.25, -0.2) is 0 Å². The van der Waals surface area contributed by atoms with Gasteiger partial charge >= 0.3 is 5.97 Å². The van der Waals surface area contributed by atoms with Crippen LogP contribution in [0.15, 0.2) is 29.4 Å². The summed E-state index contributed by atoms with van der Waals surface area (Å²) in [7, 11) is 1.35. The monoisotopic (exact) mass is 280 g/mol. The SMILES string of the molecule is COC(=O)CCSc1nnnn1-c1ccc(O)cc1. The predicted octanol–water partition coefficient (Wildman–Crippen LogP) is 1.02. The summed E-state index contributed by atoms with van der Waals surface area (Å²) in [4.78, 5) is 11.0. The van der Waals surface area contributed by atoms with E-state index in [4.69, 9.17) is 0 Å². The molecular formula is C11H12N4O3S. The van der Waals surface area contributed by atoms with Gasteiger partial charge in [-0.05, 0) is 34.7 Å². The Hall–Kier alpha value is -2.09. The van der Waals surface area contributed by atoms with Gasteiger partial charge in [0.1, 0.15) is 5.75 Å². The molecule has 0 bridgehead atoms. The molecule has 0 saturated heterocycles. The van der Waals surface area contributed by atoms with Gasteiger partial charge in [-0.2, -0.15) is 4.68 Å². The van der Waals surface area contributed by atoms with Crippen LogP contribution in [0.5, 0.6) is 5.75 Å². The molecule has 0 radical (unpaired) electrons. The minimum absolute atomic E-state index is 0.178. The molecule has 0 fully saturated rings. The van der Waals surface area contributed by atoms with Gasteiger partial charge in [0, 0.05) is 5.75 Å². The van der Waals surface area contributed by atoms with Gasteiger partial charge in [0.05, 0.1) is 19.2 Å². The van der Waals surface area contributed by atoms with Crippen molar-refractivity contribution in [1.82, 2.24) is 20.2 Å². The molecule has 0 aliphatic heterocycles. The topological polar surface area (TPSA) is 90.1 Å². The number of phenols is 1. The van der Waals surface area contributed by atoms with Crippen LogP contribution in [0.1, 0.15) is 6.42 Å². The van der Waals surface area contributed by atoms with Crippen molar-refractivity contribution in [3.8, 4) is 11.4 Å². The number of thioether (sulfide) groups is 1. The first-order chi connectivity index (χ1) is 9.20. The fourth-order valence-electron chi connectivity index (χ4n) is 1.35. The molecule has 0 atom stereocenters. The maximum Gasteiger partial charge on any atom is 0.306 e. The quantitative estimate of drug-likeness (QED) is 0.646. The van der Waals surface area contributed by atoms with Crippen molar-refractivity contribution in [3.05, 3.63) is 24.3 Å². The first-order valence-electron chi connectivity index (χ1n) is 5.48. The highest BCUT2D eigenvalue weighted by molar-refractivity contribution is 7.99. The Balaban J connectivity index is 2.05. The molecule has 0 saturated carbocycles. The number of carbonyl (C=O) groups excluding carboxylic acids is 1. The number of esters is 1. The smallest absolute Gasteiger partial charge is 0.306 e. The molecule has 19 heavy (non-hydrogen) atoms. The molecule has 0 aliphatic rings. The average molecular weight is 280 g/mol. The van der Waals surface area contributed by atoms with Crippen molar-refractivity contribution >= 4 is 17.7 Å². The number of phenolic OH excluding ortho intramolecular Hbond substituents is 1. The van der Waals surface area contributed by atoms with Gasteiger partial charge in [-0.15, -0.1) is 5.10 Å². The van der Waals surface area contributed by atoms with E-state index in [1.54, 1.807) is 28.9 Å². The molecule has 0 aliphatic carbocycles. The van der Waals surface area contributed by atoms with Crippen LogP contribution in [0, 0.1) is 0 Å². The lowest BCUT2D eigenvalue weighted by Crippen LogP contribution is -2.03. The number of rotatable bonds is 5. The number of nitrogens with zero attached hydrogens (tertiary/aromatic N) is 4. The van der Waals surface area contributed by atoms with E-state index < -0.39 is 0 Å². The van der Waals surface area contributed by atoms with Gasteiger partial charge in [0.2, 0.25) is 5.16 Å².